The second kappa shape index (κ2) is 9.09. The van der Waals surface area contributed by atoms with Gasteiger partial charge in [0, 0.05) is 12.6 Å². The smallest absolute Gasteiger partial charge is 0.118 e. The van der Waals surface area contributed by atoms with Crippen LogP contribution in [0.2, 0.25) is 0 Å². The minimum Gasteiger partial charge on any atom is -0.497 e. The summed E-state index contributed by atoms with van der Waals surface area (Å²) in [6, 6.07) is 9.41. The zero-order chi connectivity index (χ0) is 14.9. The summed E-state index contributed by atoms with van der Waals surface area (Å²) in [5.41, 5.74) is 1.41. The molecule has 2 heteroatoms. The van der Waals surface area contributed by atoms with Crippen molar-refractivity contribution < 1.29 is 4.74 Å². The van der Waals surface area contributed by atoms with Crippen molar-refractivity contribution in [2.24, 2.45) is 0 Å². The Labute approximate surface area is 130 Å². The average Bonchev–Trinajstić information content (AvgIpc) is 3.05. The molecule has 1 aliphatic rings. The molecule has 0 unspecified atom stereocenters. The van der Waals surface area contributed by atoms with E-state index in [1.807, 2.05) is 0 Å². The highest BCUT2D eigenvalue weighted by atomic mass is 16.5. The fraction of sp³-hybridized carbons (Fsp3) is 0.684. The largest absolute Gasteiger partial charge is 0.497 e. The number of hydrogen-bond donors (Lipinski definition) is 0. The maximum absolute atomic E-state index is 5.25. The number of unbranched alkanes of at least 4 members (excludes halogenated alkanes) is 3. The number of rotatable bonds is 9. The van der Waals surface area contributed by atoms with Crippen LogP contribution in [0.4, 0.5) is 0 Å². The Morgan fingerprint density at radius 1 is 1.05 bits per heavy atom. The first kappa shape index (κ1) is 16.4. The molecular weight excluding hydrogens is 258 g/mol. The molecule has 118 valence electrons. The molecule has 1 aromatic carbocycles. The van der Waals surface area contributed by atoms with Gasteiger partial charge in [-0.25, -0.2) is 0 Å². The lowest BCUT2D eigenvalue weighted by atomic mass is 10.1. The molecule has 1 saturated carbocycles. The van der Waals surface area contributed by atoms with Gasteiger partial charge in [-0.15, -0.1) is 0 Å². The van der Waals surface area contributed by atoms with E-state index in [0.717, 1.165) is 18.3 Å². The van der Waals surface area contributed by atoms with E-state index in [1.165, 1.54) is 63.5 Å². The van der Waals surface area contributed by atoms with E-state index in [0.29, 0.717) is 0 Å². The molecule has 1 aromatic rings. The Bertz CT molecular complexity index is 381. The molecule has 1 fully saturated rings. The molecule has 1 aliphatic carbocycles. The highest BCUT2D eigenvalue weighted by molar-refractivity contribution is 5.27. The molecule has 21 heavy (non-hydrogen) atoms. The van der Waals surface area contributed by atoms with Crippen LogP contribution in [0.5, 0.6) is 5.75 Å². The van der Waals surface area contributed by atoms with Crippen molar-refractivity contribution in [3.05, 3.63) is 29.8 Å². The van der Waals surface area contributed by atoms with Crippen LogP contribution in [0.1, 0.15) is 63.9 Å². The molecule has 0 radical (unpaired) electrons. The summed E-state index contributed by atoms with van der Waals surface area (Å²) >= 11 is 0. The number of benzene rings is 1. The van der Waals surface area contributed by atoms with Crippen LogP contribution in [-0.2, 0) is 6.54 Å². The fourth-order valence-electron chi connectivity index (χ4n) is 3.37. The molecular formula is C19H31NO. The van der Waals surface area contributed by atoms with E-state index in [2.05, 4.69) is 36.1 Å². The maximum Gasteiger partial charge on any atom is 0.118 e. The van der Waals surface area contributed by atoms with E-state index in [-0.39, 0.29) is 0 Å². The van der Waals surface area contributed by atoms with Crippen molar-refractivity contribution in [3.8, 4) is 5.75 Å². The van der Waals surface area contributed by atoms with Crippen molar-refractivity contribution >= 4 is 0 Å². The highest BCUT2D eigenvalue weighted by Gasteiger charge is 2.22. The lowest BCUT2D eigenvalue weighted by Gasteiger charge is -2.29. The van der Waals surface area contributed by atoms with Crippen LogP contribution in [0, 0.1) is 0 Å². The van der Waals surface area contributed by atoms with Crippen LogP contribution >= 0.6 is 0 Å². The summed E-state index contributed by atoms with van der Waals surface area (Å²) < 4.78 is 5.25. The summed E-state index contributed by atoms with van der Waals surface area (Å²) in [5, 5.41) is 0. The summed E-state index contributed by atoms with van der Waals surface area (Å²) in [4.78, 5) is 2.73. The lowest BCUT2D eigenvalue weighted by molar-refractivity contribution is 0.185. The summed E-state index contributed by atoms with van der Waals surface area (Å²) in [7, 11) is 1.73. The quantitative estimate of drug-likeness (QED) is 0.592. The van der Waals surface area contributed by atoms with Crippen molar-refractivity contribution in [1.29, 1.82) is 0 Å². The normalized spacial score (nSPS) is 15.8. The molecule has 0 aliphatic heterocycles. The zero-order valence-corrected chi connectivity index (χ0v) is 13.8. The average molecular weight is 289 g/mol. The monoisotopic (exact) mass is 289 g/mol. The van der Waals surface area contributed by atoms with Gasteiger partial charge in [0.25, 0.3) is 0 Å². The van der Waals surface area contributed by atoms with Gasteiger partial charge < -0.3 is 4.74 Å². The predicted octanol–water partition coefficient (Wildman–Crippen LogP) is 5.02. The van der Waals surface area contributed by atoms with Gasteiger partial charge in [0.1, 0.15) is 5.75 Å². The first-order chi connectivity index (χ1) is 10.3. The topological polar surface area (TPSA) is 12.5 Å². The molecule has 2 nitrogen and oxygen atoms in total. The lowest BCUT2D eigenvalue weighted by Crippen LogP contribution is -2.33. The number of hydrogen-bond acceptors (Lipinski definition) is 2. The third-order valence-electron chi connectivity index (χ3n) is 4.68. The van der Waals surface area contributed by atoms with Gasteiger partial charge in [0.05, 0.1) is 7.11 Å². The zero-order valence-electron chi connectivity index (χ0n) is 13.8. The number of nitrogens with zero attached hydrogens (tertiary/aromatic N) is 1. The Morgan fingerprint density at radius 2 is 1.76 bits per heavy atom. The van der Waals surface area contributed by atoms with Crippen LogP contribution in [0.15, 0.2) is 24.3 Å². The second-order valence-corrected chi connectivity index (χ2v) is 6.32. The minimum atomic E-state index is 0.814. The van der Waals surface area contributed by atoms with Crippen LogP contribution in [-0.4, -0.2) is 24.6 Å². The summed E-state index contributed by atoms with van der Waals surface area (Å²) in [5.74, 6) is 0.953. The van der Waals surface area contributed by atoms with E-state index in [4.69, 9.17) is 4.74 Å². The van der Waals surface area contributed by atoms with Gasteiger partial charge in [-0.3, -0.25) is 4.90 Å². The first-order valence-corrected chi connectivity index (χ1v) is 8.70. The van der Waals surface area contributed by atoms with E-state index < -0.39 is 0 Å². The summed E-state index contributed by atoms with van der Waals surface area (Å²) in [6.07, 6.45) is 11.0. The van der Waals surface area contributed by atoms with Crippen molar-refractivity contribution in [2.75, 3.05) is 13.7 Å². The molecule has 0 saturated heterocycles. The molecule has 2 rings (SSSR count). The Hall–Kier alpha value is -1.02. The predicted molar refractivity (Wildman–Crippen MR) is 89.8 cm³/mol. The van der Waals surface area contributed by atoms with Gasteiger partial charge in [0.15, 0.2) is 0 Å². The van der Waals surface area contributed by atoms with Crippen molar-refractivity contribution in [3.63, 3.8) is 0 Å². The van der Waals surface area contributed by atoms with Crippen LogP contribution in [0.3, 0.4) is 0 Å². The third kappa shape index (κ3) is 5.35. The molecule has 0 aromatic heterocycles. The SMILES string of the molecule is CCCCCCN(Cc1ccc(OC)cc1)C1CCCC1. The van der Waals surface area contributed by atoms with Crippen molar-refractivity contribution in [1.82, 2.24) is 4.90 Å². The number of methoxy groups -OCH3 is 1. The molecule has 0 bridgehead atoms. The van der Waals surface area contributed by atoms with Gasteiger partial charge >= 0.3 is 0 Å². The molecule has 0 atom stereocenters. The second-order valence-electron chi connectivity index (χ2n) is 6.32. The highest BCUT2D eigenvalue weighted by Crippen LogP contribution is 2.26. The number of ether oxygens (including phenoxy) is 1. The van der Waals surface area contributed by atoms with E-state index in [9.17, 15) is 0 Å². The molecule has 0 heterocycles. The molecule has 0 spiro atoms. The maximum atomic E-state index is 5.25. The molecule has 0 amide bonds. The Kier molecular flexibility index (Phi) is 7.08. The standard InChI is InChI=1S/C19H31NO/c1-3-4-5-8-15-20(18-9-6-7-10-18)16-17-11-13-19(21-2)14-12-17/h11-14,18H,3-10,15-16H2,1-2H3. The van der Waals surface area contributed by atoms with Crippen LogP contribution in [0.25, 0.3) is 0 Å². The van der Waals surface area contributed by atoms with E-state index >= 15 is 0 Å². The van der Waals surface area contributed by atoms with Gasteiger partial charge in [-0.05, 0) is 43.5 Å². The first-order valence-electron chi connectivity index (χ1n) is 8.70. The van der Waals surface area contributed by atoms with Gasteiger partial charge in [-0.2, -0.15) is 0 Å². The van der Waals surface area contributed by atoms with Gasteiger partial charge in [0.2, 0.25) is 0 Å². The Morgan fingerprint density at radius 3 is 2.38 bits per heavy atom. The molecule has 0 N–H and O–H groups in total. The van der Waals surface area contributed by atoms with Crippen molar-refractivity contribution in [2.45, 2.75) is 70.9 Å². The minimum absolute atomic E-state index is 0.814. The summed E-state index contributed by atoms with van der Waals surface area (Å²) in [6.45, 7) is 4.64. The fourth-order valence-corrected chi connectivity index (χ4v) is 3.37. The Balaban J connectivity index is 1.90. The van der Waals surface area contributed by atoms with Gasteiger partial charge in [-0.1, -0.05) is 51.2 Å². The van der Waals surface area contributed by atoms with E-state index in [1.54, 1.807) is 7.11 Å². The van der Waals surface area contributed by atoms with Crippen LogP contribution < -0.4 is 4.74 Å². The third-order valence-corrected chi connectivity index (χ3v) is 4.68.